The molecule has 2 fully saturated rings. The van der Waals surface area contributed by atoms with Crippen molar-refractivity contribution in [3.63, 3.8) is 0 Å². The van der Waals surface area contributed by atoms with E-state index >= 15 is 0 Å². The third-order valence-corrected chi connectivity index (χ3v) is 6.83. The highest BCUT2D eigenvalue weighted by Gasteiger charge is 2.51. The molecule has 7 heteroatoms. The summed E-state index contributed by atoms with van der Waals surface area (Å²) in [6.45, 7) is 20.8. The van der Waals surface area contributed by atoms with E-state index in [9.17, 15) is 4.79 Å². The summed E-state index contributed by atoms with van der Waals surface area (Å²) in [6.07, 6.45) is 0.719. The number of ether oxygens (including phenoxy) is 1. The number of amides is 1. The molecule has 2 atom stereocenters. The van der Waals surface area contributed by atoms with Gasteiger partial charge in [0.1, 0.15) is 5.60 Å². The minimum Gasteiger partial charge on any atom is -0.444 e. The SMILES string of the molecule is CC1CC(C)N(C(=O)OC(C)(C)C)CCN(c2ccc(B3OC(C)(C)C(C)(C)O3)cc2)C1. The van der Waals surface area contributed by atoms with Crippen LogP contribution in [-0.2, 0) is 14.0 Å². The van der Waals surface area contributed by atoms with Gasteiger partial charge in [0.05, 0.1) is 11.2 Å². The number of hydrogen-bond acceptors (Lipinski definition) is 5. The molecule has 0 N–H and O–H groups in total. The molecular formula is C25H41BN2O4. The van der Waals surface area contributed by atoms with Crippen molar-refractivity contribution in [2.24, 2.45) is 5.92 Å². The fourth-order valence-corrected chi connectivity index (χ4v) is 4.35. The fraction of sp³-hybridized carbons (Fsp3) is 0.720. The first-order valence-corrected chi connectivity index (χ1v) is 11.9. The Balaban J connectivity index is 1.71. The summed E-state index contributed by atoms with van der Waals surface area (Å²) in [7, 11) is -0.358. The average Bonchev–Trinajstić information content (AvgIpc) is 2.85. The van der Waals surface area contributed by atoms with Crippen molar-refractivity contribution in [2.45, 2.75) is 91.6 Å². The van der Waals surface area contributed by atoms with E-state index in [1.165, 1.54) is 0 Å². The van der Waals surface area contributed by atoms with E-state index in [0.717, 1.165) is 30.7 Å². The molecule has 2 aliphatic rings. The quantitative estimate of drug-likeness (QED) is 0.631. The van der Waals surface area contributed by atoms with Crippen LogP contribution in [0.2, 0.25) is 0 Å². The lowest BCUT2D eigenvalue weighted by atomic mass is 9.79. The molecule has 1 amide bonds. The second kappa shape index (κ2) is 8.90. The number of carbonyl (C=O) groups is 1. The zero-order valence-corrected chi connectivity index (χ0v) is 21.4. The van der Waals surface area contributed by atoms with Gasteiger partial charge in [-0.1, -0.05) is 19.1 Å². The summed E-state index contributed by atoms with van der Waals surface area (Å²) in [5.74, 6) is 0.456. The molecule has 0 spiro atoms. The molecule has 178 valence electrons. The molecule has 2 saturated heterocycles. The molecule has 0 aromatic heterocycles. The van der Waals surface area contributed by atoms with Crippen molar-refractivity contribution in [1.82, 2.24) is 4.90 Å². The first-order chi connectivity index (χ1) is 14.7. The molecule has 1 aromatic rings. The number of benzene rings is 1. The molecule has 3 rings (SSSR count). The van der Waals surface area contributed by atoms with Gasteiger partial charge in [0, 0.05) is 31.4 Å². The topological polar surface area (TPSA) is 51.2 Å². The highest BCUT2D eigenvalue weighted by atomic mass is 16.7. The van der Waals surface area contributed by atoms with Crippen LogP contribution >= 0.6 is 0 Å². The summed E-state index contributed by atoms with van der Waals surface area (Å²) in [6, 6.07) is 8.61. The number of nitrogens with zero attached hydrogens (tertiary/aromatic N) is 2. The first-order valence-electron chi connectivity index (χ1n) is 11.9. The zero-order valence-electron chi connectivity index (χ0n) is 21.4. The predicted octanol–water partition coefficient (Wildman–Crippen LogP) is 4.46. The Kier molecular flexibility index (Phi) is 6.93. The molecule has 2 heterocycles. The van der Waals surface area contributed by atoms with Crippen LogP contribution in [0.1, 0.15) is 68.7 Å². The highest BCUT2D eigenvalue weighted by molar-refractivity contribution is 6.62. The smallest absolute Gasteiger partial charge is 0.444 e. The van der Waals surface area contributed by atoms with E-state index in [-0.39, 0.29) is 30.5 Å². The van der Waals surface area contributed by atoms with Crippen LogP contribution in [0, 0.1) is 5.92 Å². The standard InChI is InChI=1S/C25H41BN2O4/c1-18-16-19(2)28(22(29)30-23(3,4)5)15-14-27(17-18)21-12-10-20(11-13-21)26-31-24(6,7)25(8,9)32-26/h10-13,18-19H,14-17H2,1-9H3. The third-order valence-electron chi connectivity index (χ3n) is 6.83. The Labute approximate surface area is 194 Å². The van der Waals surface area contributed by atoms with E-state index in [1.54, 1.807) is 0 Å². The van der Waals surface area contributed by atoms with Gasteiger partial charge in [-0.2, -0.15) is 0 Å². The van der Waals surface area contributed by atoms with E-state index in [2.05, 4.69) is 70.7 Å². The summed E-state index contributed by atoms with van der Waals surface area (Å²) >= 11 is 0. The number of rotatable bonds is 2. The van der Waals surface area contributed by atoms with E-state index in [0.29, 0.717) is 12.5 Å². The molecular weight excluding hydrogens is 403 g/mol. The van der Waals surface area contributed by atoms with Gasteiger partial charge in [-0.3, -0.25) is 0 Å². The first kappa shape index (κ1) is 24.9. The van der Waals surface area contributed by atoms with E-state index < -0.39 is 5.60 Å². The largest absolute Gasteiger partial charge is 0.494 e. The maximum absolute atomic E-state index is 12.8. The summed E-state index contributed by atoms with van der Waals surface area (Å²) in [4.78, 5) is 17.0. The van der Waals surface area contributed by atoms with Gasteiger partial charge >= 0.3 is 13.2 Å². The number of hydrogen-bond donors (Lipinski definition) is 0. The molecule has 0 aliphatic carbocycles. The molecule has 2 unspecified atom stereocenters. The molecule has 32 heavy (non-hydrogen) atoms. The molecule has 0 saturated carbocycles. The average molecular weight is 444 g/mol. The van der Waals surface area contributed by atoms with Crippen LogP contribution in [0.3, 0.4) is 0 Å². The van der Waals surface area contributed by atoms with Gasteiger partial charge in [0.2, 0.25) is 0 Å². The van der Waals surface area contributed by atoms with Crippen molar-refractivity contribution in [2.75, 3.05) is 24.5 Å². The fourth-order valence-electron chi connectivity index (χ4n) is 4.35. The van der Waals surface area contributed by atoms with Crippen molar-refractivity contribution in [3.8, 4) is 0 Å². The molecule has 2 aliphatic heterocycles. The lowest BCUT2D eigenvalue weighted by Gasteiger charge is -2.39. The van der Waals surface area contributed by atoms with E-state index in [4.69, 9.17) is 14.0 Å². The Bertz CT molecular complexity index is 787. The second-order valence-electron chi connectivity index (χ2n) is 11.5. The number of carbonyl (C=O) groups excluding carboxylic acids is 1. The van der Waals surface area contributed by atoms with Crippen LogP contribution in [0.4, 0.5) is 10.5 Å². The summed E-state index contributed by atoms with van der Waals surface area (Å²) in [5, 5.41) is 0. The Hall–Kier alpha value is -1.73. The van der Waals surface area contributed by atoms with Crippen molar-refractivity contribution < 1.29 is 18.8 Å². The van der Waals surface area contributed by atoms with Gasteiger partial charge in [-0.25, -0.2) is 4.79 Å². The molecule has 0 radical (unpaired) electrons. The van der Waals surface area contributed by atoms with Gasteiger partial charge < -0.3 is 23.8 Å². The Morgan fingerprint density at radius 3 is 2.12 bits per heavy atom. The van der Waals surface area contributed by atoms with Crippen LogP contribution < -0.4 is 10.4 Å². The Morgan fingerprint density at radius 1 is 1.03 bits per heavy atom. The minimum absolute atomic E-state index is 0.160. The maximum Gasteiger partial charge on any atom is 0.494 e. The lowest BCUT2D eigenvalue weighted by molar-refractivity contribution is 0.00578. The van der Waals surface area contributed by atoms with Crippen LogP contribution in [0.5, 0.6) is 0 Å². The van der Waals surface area contributed by atoms with Crippen LogP contribution in [0.15, 0.2) is 24.3 Å². The van der Waals surface area contributed by atoms with Gasteiger partial charge in [-0.15, -0.1) is 0 Å². The van der Waals surface area contributed by atoms with E-state index in [1.807, 2.05) is 25.7 Å². The molecule has 6 nitrogen and oxygen atoms in total. The summed E-state index contributed by atoms with van der Waals surface area (Å²) in [5.41, 5.74) is 0.980. The third kappa shape index (κ3) is 5.60. The van der Waals surface area contributed by atoms with Gasteiger partial charge in [-0.05, 0) is 85.3 Å². The number of anilines is 1. The maximum atomic E-state index is 12.8. The second-order valence-corrected chi connectivity index (χ2v) is 11.5. The van der Waals surface area contributed by atoms with Crippen molar-refractivity contribution >= 4 is 24.4 Å². The molecule has 1 aromatic carbocycles. The highest BCUT2D eigenvalue weighted by Crippen LogP contribution is 2.36. The van der Waals surface area contributed by atoms with Gasteiger partial charge in [0.15, 0.2) is 0 Å². The monoisotopic (exact) mass is 444 g/mol. The van der Waals surface area contributed by atoms with Crippen LogP contribution in [0.25, 0.3) is 0 Å². The zero-order chi connectivity index (χ0) is 23.9. The van der Waals surface area contributed by atoms with Gasteiger partial charge in [0.25, 0.3) is 0 Å². The molecule has 0 bridgehead atoms. The summed E-state index contributed by atoms with van der Waals surface area (Å²) < 4.78 is 18.0. The normalized spacial score (nSPS) is 26.0. The van der Waals surface area contributed by atoms with Crippen molar-refractivity contribution in [3.05, 3.63) is 24.3 Å². The Morgan fingerprint density at radius 2 is 1.59 bits per heavy atom. The van der Waals surface area contributed by atoms with Crippen LogP contribution in [-0.4, -0.2) is 60.6 Å². The lowest BCUT2D eigenvalue weighted by Crippen LogP contribution is -2.49. The van der Waals surface area contributed by atoms with Crippen molar-refractivity contribution in [1.29, 1.82) is 0 Å². The minimum atomic E-state index is -0.492. The predicted molar refractivity (Wildman–Crippen MR) is 131 cm³/mol.